The predicted octanol–water partition coefficient (Wildman–Crippen LogP) is 18.0. The molecular weight excluding hydrogens is 1890 g/mol. The van der Waals surface area contributed by atoms with Gasteiger partial charge in [-0.05, 0) is 68.8 Å². The predicted molar refractivity (Wildman–Crippen MR) is 551 cm³/mol. The summed E-state index contributed by atoms with van der Waals surface area (Å²) in [5.74, 6) is 4.03. The van der Waals surface area contributed by atoms with Crippen molar-refractivity contribution >= 4 is 145 Å². The molecule has 0 aliphatic rings. The third-order valence-corrected chi connectivity index (χ3v) is 22.1. The smallest absolute Gasteiger partial charge is 0.329 e. The molecule has 0 fully saturated rings. The van der Waals surface area contributed by atoms with Crippen LogP contribution >= 0.6 is 94.1 Å². The normalized spacial score (nSPS) is 10.7. The fraction of sp³-hybridized carbons (Fsp3) is 0.812. The molecule has 6 atom stereocenters. The Bertz CT molecular complexity index is 2070. The van der Waals surface area contributed by atoms with E-state index in [0.717, 1.165) is 36.6 Å². The van der Waals surface area contributed by atoms with E-state index in [-0.39, 0.29) is 274 Å². The quantitative estimate of drug-likeness (QED) is 0.0144. The standard InChI is InChI=1S/C63H112O34S8.4CH2O.18CH4/c1-5-86-94-90-21-17-72-25-33-100-50-57(104-35-27-74-19-23-92-96-88-7-3)42-81-38-55(85-44-59(105-36-28-75-20-24-93-97-89-8-4)52-101-34-26-73-18-22-91-95-87-6-2)40-83-53-82-39-54(84-43-58(103-32-12-16-79-48-63(70)71)51-99-30-10-14-77-46-61(66)67)37-80-41-56(102-31-11-15-78-47-62(68)69)49-98-29-9-13-76-45-60(64)65;4*1-2;;;;;;;;;;;;;;;;;;/h5-8,54-59H,1-4,9-53H2,(H,64,65)(H,66,67)(H,68,69)(H,70,71);4*1H2;18*1H4. The molecule has 0 heterocycles. The van der Waals surface area contributed by atoms with Crippen LogP contribution in [-0.4, -0.2) is 365 Å². The Hall–Kier alpha value is -3.36. The maximum Gasteiger partial charge on any atom is 0.329 e. The first-order chi connectivity index (χ1) is 55.4. The molecule has 0 aromatic heterocycles. The highest BCUT2D eigenvalue weighted by Crippen LogP contribution is 2.24. The van der Waals surface area contributed by atoms with E-state index in [1.54, 1.807) is 94.1 Å². The van der Waals surface area contributed by atoms with Crippen LogP contribution in [0, 0.1) is 0 Å². The second-order valence-electron chi connectivity index (χ2n) is 20.4. The Morgan fingerprint density at radius 3 is 0.718 bits per heavy atom. The van der Waals surface area contributed by atoms with Crippen LogP contribution in [0.1, 0.15) is 159 Å². The monoisotopic (exact) mass is 2080 g/mol. The molecule has 0 amide bonds. The van der Waals surface area contributed by atoms with Crippen LogP contribution in [0.2, 0.25) is 0 Å². The lowest BCUT2D eigenvalue weighted by Gasteiger charge is -2.25. The minimum atomic E-state index is -1.05. The van der Waals surface area contributed by atoms with Gasteiger partial charge in [0.1, 0.15) is 124 Å². The van der Waals surface area contributed by atoms with Crippen molar-refractivity contribution in [3.05, 3.63) is 51.4 Å². The molecule has 0 bridgehead atoms. The van der Waals surface area contributed by atoms with Crippen LogP contribution in [0.3, 0.4) is 0 Å². The molecule has 0 saturated carbocycles. The Balaban J connectivity index is -0.000000207. The first-order valence-electron chi connectivity index (χ1n) is 34.6. The van der Waals surface area contributed by atoms with Crippen molar-refractivity contribution in [3.63, 3.8) is 0 Å². The molecule has 0 saturated heterocycles. The maximum absolute atomic E-state index is 11.1. The third-order valence-electron chi connectivity index (χ3n) is 11.6. The van der Waals surface area contributed by atoms with Gasteiger partial charge in [0.2, 0.25) is 0 Å². The average molecular weight is 2080 g/mol. The molecule has 6 unspecified atom stereocenters. The number of rotatable bonds is 92. The highest BCUT2D eigenvalue weighted by atomic mass is 32.2. The second kappa shape index (κ2) is 166. The van der Waals surface area contributed by atoms with Crippen molar-refractivity contribution in [2.75, 3.05) is 261 Å². The highest BCUT2D eigenvalue weighted by Gasteiger charge is 2.22. The van der Waals surface area contributed by atoms with Gasteiger partial charge < -0.3 is 125 Å². The van der Waals surface area contributed by atoms with Gasteiger partial charge in [0.05, 0.1) is 106 Å². The number of aliphatic carboxylic acids is 4. The SMILES string of the molecule is C.C.C.C.C.C.C.C.C.C.C.C.C.C.C.C.C.C.C=COOOCCOCCSCC(COCC(COCOCC(COCC(CSCCCOCC(=O)O)SCCCOCC(=O)O)OCC(CSCCCOCC(=O)O)SCCCOCC(=O)O)OCC(CSCCOCCOOOC=C)SCCOCCOOOC=C)SCCOCCOOOC=C.C=O.C=O.C=O.C=O. The molecule has 131 heavy (non-hydrogen) atoms. The van der Waals surface area contributed by atoms with Crippen LogP contribution in [0.15, 0.2) is 51.4 Å². The summed E-state index contributed by atoms with van der Waals surface area (Å²) in [5, 5.41) is 54.1. The number of hydrogen-bond donors (Lipinski definition) is 4. The van der Waals surface area contributed by atoms with E-state index in [1.807, 2.05) is 27.2 Å². The van der Waals surface area contributed by atoms with Crippen molar-refractivity contribution in [2.45, 2.75) is 193 Å². The highest BCUT2D eigenvalue weighted by molar-refractivity contribution is 8.04. The number of carbonyl (C=O) groups is 8. The van der Waals surface area contributed by atoms with Gasteiger partial charge in [-0.25, -0.2) is 19.2 Å². The lowest BCUT2D eigenvalue weighted by Crippen LogP contribution is -2.33. The van der Waals surface area contributed by atoms with E-state index in [2.05, 4.69) is 66.0 Å². The zero-order valence-corrected chi connectivity index (χ0v) is 70.7. The molecular formula is C85H192O38S8. The first-order valence-corrected chi connectivity index (χ1v) is 43.4. The van der Waals surface area contributed by atoms with Crippen LogP contribution in [0.25, 0.3) is 0 Å². The average Bonchev–Trinajstić information content (AvgIpc) is 0.945. The molecule has 46 heteroatoms. The number of ether oxygens (including phenoxy) is 14. The molecule has 0 spiro atoms. The fourth-order valence-corrected chi connectivity index (χ4v) is 16.2. The zero-order chi connectivity index (χ0) is 84.5. The molecule has 0 rings (SSSR count). The van der Waals surface area contributed by atoms with Gasteiger partial charge in [-0.1, -0.05) is 160 Å². The molecule has 0 aliphatic carbocycles. The van der Waals surface area contributed by atoms with E-state index in [4.69, 9.17) is 125 Å². The first kappa shape index (κ1) is 187. The van der Waals surface area contributed by atoms with Gasteiger partial charge >= 0.3 is 23.9 Å². The van der Waals surface area contributed by atoms with Crippen molar-refractivity contribution in [3.8, 4) is 0 Å². The molecule has 0 radical (unpaired) electrons. The minimum absolute atomic E-state index is 0. The van der Waals surface area contributed by atoms with Gasteiger partial charge in [0.25, 0.3) is 0 Å². The summed E-state index contributed by atoms with van der Waals surface area (Å²) in [7, 11) is 0. The second-order valence-corrected chi connectivity index (χ2v) is 30.6. The Morgan fingerprint density at radius 2 is 0.466 bits per heavy atom. The van der Waals surface area contributed by atoms with Gasteiger partial charge in [0, 0.05) is 93.5 Å². The van der Waals surface area contributed by atoms with Crippen molar-refractivity contribution in [1.29, 1.82) is 0 Å². The minimum Gasteiger partial charge on any atom is -0.480 e. The molecule has 0 aromatic rings. The van der Waals surface area contributed by atoms with Gasteiger partial charge in [-0.2, -0.15) is 114 Å². The molecule has 0 aromatic carbocycles. The lowest BCUT2D eigenvalue weighted by atomic mass is 10.4. The number of hydrogen-bond acceptors (Lipinski definition) is 42. The van der Waals surface area contributed by atoms with E-state index in [9.17, 15) is 19.2 Å². The van der Waals surface area contributed by atoms with Crippen molar-refractivity contribution in [2.24, 2.45) is 0 Å². The summed E-state index contributed by atoms with van der Waals surface area (Å²) in [6, 6.07) is 0. The number of carboxylic acid groups (broad SMARTS) is 4. The molecule has 808 valence electrons. The fourth-order valence-electron chi connectivity index (χ4n) is 7.20. The number of thioether (sulfide) groups is 8. The summed E-state index contributed by atoms with van der Waals surface area (Å²) in [6.07, 6.45) is 5.71. The Kier molecular flexibility index (Phi) is 237. The van der Waals surface area contributed by atoms with Crippen LogP contribution in [0.5, 0.6) is 0 Å². The van der Waals surface area contributed by atoms with E-state index >= 15 is 0 Å². The van der Waals surface area contributed by atoms with Gasteiger partial charge in [-0.3, -0.25) is 0 Å². The van der Waals surface area contributed by atoms with Crippen molar-refractivity contribution < 1.29 is 184 Å². The lowest BCUT2D eigenvalue weighted by molar-refractivity contribution is -0.490. The summed E-state index contributed by atoms with van der Waals surface area (Å²) in [6.45, 7) is 26.2. The Labute approximate surface area is 829 Å². The number of carbonyl (C=O) groups excluding carboxylic acids is 4. The third kappa shape index (κ3) is 161. The maximum atomic E-state index is 11.1. The van der Waals surface area contributed by atoms with E-state index < -0.39 is 42.7 Å². The zero-order valence-electron chi connectivity index (χ0n) is 64.2. The number of carboxylic acids is 4. The molecule has 4 N–H and O–H groups in total. The molecule has 38 nitrogen and oxygen atoms in total. The summed E-state index contributed by atoms with van der Waals surface area (Å²) < 4.78 is 82.7. The van der Waals surface area contributed by atoms with E-state index in [1.165, 1.54) is 0 Å². The van der Waals surface area contributed by atoms with Gasteiger partial charge in [0.15, 0.2) is 0 Å². The van der Waals surface area contributed by atoms with Gasteiger partial charge in [-0.15, -0.1) is 0 Å². The topological polar surface area (TPSA) is 457 Å². The van der Waals surface area contributed by atoms with Crippen LogP contribution in [0.4, 0.5) is 0 Å². The molecule has 0 aliphatic heterocycles. The Morgan fingerprint density at radius 1 is 0.244 bits per heavy atom. The summed E-state index contributed by atoms with van der Waals surface area (Å²) in [4.78, 5) is 114. The van der Waals surface area contributed by atoms with Crippen LogP contribution < -0.4 is 0 Å². The van der Waals surface area contributed by atoms with Crippen LogP contribution in [-0.2, 0) is 164 Å². The van der Waals surface area contributed by atoms with Crippen molar-refractivity contribution in [1.82, 2.24) is 0 Å². The summed E-state index contributed by atoms with van der Waals surface area (Å²) in [5.41, 5.74) is 0. The van der Waals surface area contributed by atoms with E-state index in [0.29, 0.717) is 149 Å². The summed E-state index contributed by atoms with van der Waals surface area (Å²) >= 11 is 13.5. The largest absolute Gasteiger partial charge is 0.480 e.